The summed E-state index contributed by atoms with van der Waals surface area (Å²) in [5, 5.41) is 0. The van der Waals surface area contributed by atoms with Gasteiger partial charge in [0.2, 0.25) is 0 Å². The first kappa shape index (κ1) is 12.7. The van der Waals surface area contributed by atoms with E-state index in [1.54, 1.807) is 5.70 Å². The lowest BCUT2D eigenvalue weighted by atomic mass is 9.72. The van der Waals surface area contributed by atoms with Crippen LogP contribution in [0.2, 0.25) is 0 Å². The standard InChI is InChI=1S/C16H27N/c1-5-6-11-17-15-10-8-7-9-14(15)13(2)12-16(17,3)4/h7-8,10,13-14H,5-6,9,11-12H2,1-4H3. The number of nitrogens with zero attached hydrogens (tertiary/aromatic N) is 1. The van der Waals surface area contributed by atoms with Crippen molar-refractivity contribution < 1.29 is 0 Å². The van der Waals surface area contributed by atoms with Gasteiger partial charge in [-0.2, -0.15) is 0 Å². The minimum Gasteiger partial charge on any atom is -0.369 e. The number of likely N-dealkylation sites (tertiary alicyclic amines) is 1. The van der Waals surface area contributed by atoms with Gasteiger partial charge in [-0.15, -0.1) is 0 Å². The van der Waals surface area contributed by atoms with E-state index in [-0.39, 0.29) is 0 Å². The molecule has 1 fully saturated rings. The van der Waals surface area contributed by atoms with E-state index in [9.17, 15) is 0 Å². The summed E-state index contributed by atoms with van der Waals surface area (Å²) in [5.41, 5.74) is 1.94. The molecule has 0 amide bonds. The third-order valence-corrected chi connectivity index (χ3v) is 4.46. The third kappa shape index (κ3) is 2.43. The van der Waals surface area contributed by atoms with Crippen molar-refractivity contribution in [3.63, 3.8) is 0 Å². The Morgan fingerprint density at radius 1 is 1.41 bits per heavy atom. The number of allylic oxidation sites excluding steroid dienone is 4. The molecule has 0 aromatic carbocycles. The van der Waals surface area contributed by atoms with E-state index < -0.39 is 0 Å². The van der Waals surface area contributed by atoms with Crippen LogP contribution in [0.5, 0.6) is 0 Å². The molecule has 17 heavy (non-hydrogen) atoms. The number of fused-ring (bicyclic) bond motifs is 1. The lowest BCUT2D eigenvalue weighted by Crippen LogP contribution is -2.52. The fourth-order valence-electron chi connectivity index (χ4n) is 3.59. The highest BCUT2D eigenvalue weighted by molar-refractivity contribution is 5.25. The van der Waals surface area contributed by atoms with Crippen LogP contribution >= 0.6 is 0 Å². The Morgan fingerprint density at radius 3 is 2.88 bits per heavy atom. The van der Waals surface area contributed by atoms with Crippen LogP contribution in [0.1, 0.15) is 53.4 Å². The summed E-state index contributed by atoms with van der Waals surface area (Å²) in [6.07, 6.45) is 12.1. The van der Waals surface area contributed by atoms with Crippen LogP contribution in [-0.4, -0.2) is 17.0 Å². The highest BCUT2D eigenvalue weighted by Crippen LogP contribution is 2.44. The van der Waals surface area contributed by atoms with Crippen LogP contribution in [-0.2, 0) is 0 Å². The van der Waals surface area contributed by atoms with Crippen LogP contribution in [0, 0.1) is 11.8 Å². The maximum absolute atomic E-state index is 2.69. The molecule has 1 heteroatoms. The van der Waals surface area contributed by atoms with Crippen molar-refractivity contribution >= 4 is 0 Å². The zero-order valence-electron chi connectivity index (χ0n) is 11.9. The summed E-state index contributed by atoms with van der Waals surface area (Å²) in [4.78, 5) is 2.69. The summed E-state index contributed by atoms with van der Waals surface area (Å²) >= 11 is 0. The molecule has 0 saturated carbocycles. The van der Waals surface area contributed by atoms with Gasteiger partial charge in [-0.25, -0.2) is 0 Å². The Balaban J connectivity index is 2.24. The molecule has 0 aromatic heterocycles. The van der Waals surface area contributed by atoms with Crippen LogP contribution in [0.25, 0.3) is 0 Å². The van der Waals surface area contributed by atoms with E-state index in [0.29, 0.717) is 5.54 Å². The molecule has 1 aliphatic heterocycles. The van der Waals surface area contributed by atoms with Gasteiger partial charge in [-0.05, 0) is 45.1 Å². The van der Waals surface area contributed by atoms with Gasteiger partial charge in [0.15, 0.2) is 0 Å². The van der Waals surface area contributed by atoms with Gasteiger partial charge in [0.05, 0.1) is 0 Å². The van der Waals surface area contributed by atoms with Gasteiger partial charge in [0.25, 0.3) is 0 Å². The summed E-state index contributed by atoms with van der Waals surface area (Å²) in [5.74, 6) is 1.59. The molecule has 1 saturated heterocycles. The molecule has 1 heterocycles. The van der Waals surface area contributed by atoms with Crippen LogP contribution in [0.15, 0.2) is 23.9 Å². The second-order valence-electron chi connectivity index (χ2n) is 6.36. The number of unbranched alkanes of at least 4 members (excludes halogenated alkanes) is 1. The molecule has 0 spiro atoms. The van der Waals surface area contributed by atoms with Gasteiger partial charge < -0.3 is 4.90 Å². The fraction of sp³-hybridized carbons (Fsp3) is 0.750. The molecule has 0 aromatic rings. The van der Waals surface area contributed by atoms with Crippen molar-refractivity contribution in [1.82, 2.24) is 4.90 Å². The van der Waals surface area contributed by atoms with Crippen molar-refractivity contribution in [2.75, 3.05) is 6.54 Å². The third-order valence-electron chi connectivity index (χ3n) is 4.46. The van der Waals surface area contributed by atoms with E-state index in [1.165, 1.54) is 32.2 Å². The van der Waals surface area contributed by atoms with Crippen molar-refractivity contribution in [3.05, 3.63) is 23.9 Å². The highest BCUT2D eigenvalue weighted by atomic mass is 15.2. The van der Waals surface area contributed by atoms with Crippen molar-refractivity contribution in [3.8, 4) is 0 Å². The van der Waals surface area contributed by atoms with Gasteiger partial charge >= 0.3 is 0 Å². The normalized spacial score (nSPS) is 31.1. The number of piperidine rings is 1. The van der Waals surface area contributed by atoms with Crippen LogP contribution < -0.4 is 0 Å². The van der Waals surface area contributed by atoms with E-state index in [2.05, 4.69) is 50.8 Å². The summed E-state index contributed by atoms with van der Waals surface area (Å²) < 4.78 is 0. The minimum atomic E-state index is 0.335. The molecule has 2 rings (SSSR count). The smallest absolute Gasteiger partial charge is 0.0346 e. The molecule has 2 unspecified atom stereocenters. The largest absolute Gasteiger partial charge is 0.369 e. The maximum atomic E-state index is 2.69. The average molecular weight is 233 g/mol. The number of hydrogen-bond acceptors (Lipinski definition) is 1. The van der Waals surface area contributed by atoms with E-state index >= 15 is 0 Å². The van der Waals surface area contributed by atoms with Gasteiger partial charge in [0, 0.05) is 23.7 Å². The Bertz CT molecular complexity index is 324. The zero-order chi connectivity index (χ0) is 12.5. The van der Waals surface area contributed by atoms with Gasteiger partial charge in [-0.3, -0.25) is 0 Å². The van der Waals surface area contributed by atoms with E-state index in [4.69, 9.17) is 0 Å². The summed E-state index contributed by atoms with van der Waals surface area (Å²) in [6, 6.07) is 0. The molecule has 0 N–H and O–H groups in total. The topological polar surface area (TPSA) is 3.24 Å². The quantitative estimate of drug-likeness (QED) is 0.700. The van der Waals surface area contributed by atoms with Gasteiger partial charge in [-0.1, -0.05) is 32.4 Å². The molecule has 0 radical (unpaired) electrons. The summed E-state index contributed by atoms with van der Waals surface area (Å²) in [6.45, 7) is 10.8. The second-order valence-corrected chi connectivity index (χ2v) is 6.36. The number of rotatable bonds is 3. The Hall–Kier alpha value is -0.720. The molecule has 2 atom stereocenters. The lowest BCUT2D eigenvalue weighted by molar-refractivity contribution is 0.0582. The fourth-order valence-corrected chi connectivity index (χ4v) is 3.59. The predicted molar refractivity (Wildman–Crippen MR) is 74.8 cm³/mol. The molecule has 1 aliphatic carbocycles. The first-order chi connectivity index (χ1) is 8.06. The van der Waals surface area contributed by atoms with Crippen molar-refractivity contribution in [1.29, 1.82) is 0 Å². The first-order valence-electron chi connectivity index (χ1n) is 7.20. The van der Waals surface area contributed by atoms with Gasteiger partial charge in [0.1, 0.15) is 0 Å². The van der Waals surface area contributed by atoms with Crippen LogP contribution in [0.4, 0.5) is 0 Å². The highest BCUT2D eigenvalue weighted by Gasteiger charge is 2.40. The Morgan fingerprint density at radius 2 is 2.18 bits per heavy atom. The Labute approximate surface area is 107 Å². The average Bonchev–Trinajstić information content (AvgIpc) is 2.28. The molecule has 1 nitrogen and oxygen atoms in total. The second kappa shape index (κ2) is 4.88. The molecular formula is C16H27N. The minimum absolute atomic E-state index is 0.335. The number of hydrogen-bond donors (Lipinski definition) is 0. The molecule has 2 aliphatic rings. The van der Waals surface area contributed by atoms with Crippen molar-refractivity contribution in [2.24, 2.45) is 11.8 Å². The lowest BCUT2D eigenvalue weighted by Gasteiger charge is -2.52. The Kier molecular flexibility index (Phi) is 3.65. The molecule has 96 valence electrons. The monoisotopic (exact) mass is 233 g/mol. The predicted octanol–water partition coefficient (Wildman–Crippen LogP) is 4.37. The maximum Gasteiger partial charge on any atom is 0.0346 e. The first-order valence-corrected chi connectivity index (χ1v) is 7.20. The molecular weight excluding hydrogens is 206 g/mol. The molecule has 0 bridgehead atoms. The summed E-state index contributed by atoms with van der Waals surface area (Å²) in [7, 11) is 0. The van der Waals surface area contributed by atoms with E-state index in [0.717, 1.165) is 11.8 Å². The van der Waals surface area contributed by atoms with E-state index in [1.807, 2.05) is 0 Å². The zero-order valence-corrected chi connectivity index (χ0v) is 11.9. The SMILES string of the molecule is CCCCN1C2=CC=CCC2C(C)CC1(C)C. The van der Waals surface area contributed by atoms with Crippen LogP contribution in [0.3, 0.4) is 0 Å². The van der Waals surface area contributed by atoms with Crippen molar-refractivity contribution in [2.45, 2.75) is 58.9 Å².